The Kier molecular flexibility index (Phi) is 9.30. The van der Waals surface area contributed by atoms with Crippen LogP contribution in [0.4, 0.5) is 0 Å². The van der Waals surface area contributed by atoms with Gasteiger partial charge in [0.1, 0.15) is 0 Å². The molecule has 0 amide bonds. The van der Waals surface area contributed by atoms with Crippen LogP contribution in [0, 0.1) is 0 Å². The van der Waals surface area contributed by atoms with E-state index in [0.717, 1.165) is 0 Å². The van der Waals surface area contributed by atoms with Crippen LogP contribution >= 0.6 is 0 Å². The van der Waals surface area contributed by atoms with E-state index in [1.165, 1.54) is 0 Å². The zero-order chi connectivity index (χ0) is 9.45. The van der Waals surface area contributed by atoms with Gasteiger partial charge in [-0.1, -0.05) is 43.0 Å². The van der Waals surface area contributed by atoms with Crippen LogP contribution in [0.3, 0.4) is 0 Å². The summed E-state index contributed by atoms with van der Waals surface area (Å²) in [6.45, 7) is 2.79. The molecule has 5 heteroatoms. The van der Waals surface area contributed by atoms with Crippen molar-refractivity contribution in [3.8, 4) is 0 Å². The topological polar surface area (TPSA) is 54.4 Å². The second-order valence-electron chi connectivity index (χ2n) is 1.84. The predicted molar refractivity (Wildman–Crippen MR) is 55.3 cm³/mol. The first kappa shape index (κ1) is 15.0. The Labute approximate surface area is 90.4 Å². The van der Waals surface area contributed by atoms with E-state index in [1.807, 2.05) is 36.4 Å². The molecule has 0 bridgehead atoms. The Morgan fingerprint density at radius 2 is 1.15 bits per heavy atom. The van der Waals surface area contributed by atoms with Gasteiger partial charge >= 0.3 is 18.9 Å². The molecule has 1 N–H and O–H groups in total. The van der Waals surface area contributed by atoms with E-state index >= 15 is 0 Å². The summed E-state index contributed by atoms with van der Waals surface area (Å²) < 4.78 is 26.6. The summed E-state index contributed by atoms with van der Waals surface area (Å²) in [6.07, 6.45) is 0. The first-order valence-corrected chi connectivity index (χ1v) is 4.66. The van der Waals surface area contributed by atoms with Crippen LogP contribution in [0.5, 0.6) is 0 Å². The Morgan fingerprint density at radius 1 is 1.00 bits per heavy atom. The van der Waals surface area contributed by atoms with Crippen molar-refractivity contribution in [1.29, 1.82) is 0 Å². The van der Waals surface area contributed by atoms with Gasteiger partial charge in [0.2, 0.25) is 0 Å². The third-order valence-electron chi connectivity index (χ3n) is 0.877. The molecule has 0 unspecified atom stereocenters. The molecule has 0 saturated heterocycles. The van der Waals surface area contributed by atoms with Crippen molar-refractivity contribution in [2.45, 2.75) is 0 Å². The molecule has 0 fully saturated rings. The van der Waals surface area contributed by atoms with Crippen LogP contribution in [0.1, 0.15) is 0 Å². The van der Waals surface area contributed by atoms with E-state index in [2.05, 4.69) is 6.58 Å². The van der Waals surface area contributed by atoms with Crippen molar-refractivity contribution in [3.63, 3.8) is 0 Å². The Morgan fingerprint density at radius 3 is 1.23 bits per heavy atom. The Balaban J connectivity index is 0. The standard InChI is InChI=1S/C6H6.C2H4O3S.Li.H/c1-2-4-6-5-3-1;1-2-6(3,4)5;;/h1-6H;2H,1H2,(H,3,4,5);;. The molecule has 0 aliphatic carbocycles. The molecule has 0 atom stereocenters. The summed E-state index contributed by atoms with van der Waals surface area (Å²) in [5, 5.41) is 0.465. The maximum atomic E-state index is 9.44. The van der Waals surface area contributed by atoms with Crippen LogP contribution in [-0.4, -0.2) is 31.8 Å². The van der Waals surface area contributed by atoms with Gasteiger partial charge < -0.3 is 0 Å². The van der Waals surface area contributed by atoms with Crippen LogP contribution in [0.2, 0.25) is 0 Å². The fourth-order valence-corrected chi connectivity index (χ4v) is 0.385. The average molecular weight is 194 g/mol. The molecule has 0 radical (unpaired) electrons. The molecular formula is C8H11LiO3S. The van der Waals surface area contributed by atoms with Crippen molar-refractivity contribution in [2.24, 2.45) is 0 Å². The average Bonchev–Trinajstić information content (AvgIpc) is 2.07. The molecule has 0 aliphatic rings. The normalized spacial score (nSPS) is 8.69. The van der Waals surface area contributed by atoms with Crippen molar-refractivity contribution in [1.82, 2.24) is 0 Å². The number of hydrogen-bond acceptors (Lipinski definition) is 2. The molecule has 68 valence electrons. The van der Waals surface area contributed by atoms with Crippen molar-refractivity contribution < 1.29 is 13.0 Å². The van der Waals surface area contributed by atoms with Gasteiger partial charge in [-0.3, -0.25) is 4.55 Å². The fourth-order valence-electron chi connectivity index (χ4n) is 0.385. The van der Waals surface area contributed by atoms with E-state index in [0.29, 0.717) is 5.41 Å². The van der Waals surface area contributed by atoms with Crippen molar-refractivity contribution in [2.75, 3.05) is 0 Å². The van der Waals surface area contributed by atoms with Gasteiger partial charge in [-0.25, -0.2) is 0 Å². The molecule has 1 aromatic carbocycles. The summed E-state index contributed by atoms with van der Waals surface area (Å²) in [4.78, 5) is 0. The molecule has 1 rings (SSSR count). The van der Waals surface area contributed by atoms with E-state index < -0.39 is 10.1 Å². The molecular weight excluding hydrogens is 183 g/mol. The van der Waals surface area contributed by atoms with E-state index in [9.17, 15) is 8.42 Å². The second-order valence-corrected chi connectivity index (χ2v) is 3.20. The minimum Gasteiger partial charge on any atom is -0.0623 e. The number of benzene rings is 1. The molecule has 13 heavy (non-hydrogen) atoms. The molecule has 1 aromatic rings. The van der Waals surface area contributed by atoms with Crippen LogP contribution < -0.4 is 0 Å². The van der Waals surface area contributed by atoms with Gasteiger partial charge in [0.15, 0.2) is 0 Å². The second kappa shape index (κ2) is 8.08. The van der Waals surface area contributed by atoms with Crippen LogP contribution in [0.25, 0.3) is 0 Å². The minimum atomic E-state index is -3.90. The summed E-state index contributed by atoms with van der Waals surface area (Å²) in [6, 6.07) is 12.0. The maximum absolute atomic E-state index is 9.44. The SMILES string of the molecule is C=CS(=O)(=O)O.[LiH].c1ccccc1. The van der Waals surface area contributed by atoms with Crippen LogP contribution in [0.15, 0.2) is 48.4 Å². The molecule has 0 saturated carbocycles. The maximum Gasteiger partial charge on any atom is -0.0623 e. The number of rotatable bonds is 1. The zero-order valence-corrected chi connectivity index (χ0v) is 7.24. The summed E-state index contributed by atoms with van der Waals surface area (Å²) in [5.74, 6) is 0. The van der Waals surface area contributed by atoms with Gasteiger partial charge in [0.05, 0.1) is 5.41 Å². The fraction of sp³-hybridized carbons (Fsp3) is 0. The first-order chi connectivity index (χ1) is 5.56. The molecule has 3 nitrogen and oxygen atoms in total. The molecule has 0 aliphatic heterocycles. The Hall–Kier alpha value is -0.533. The third kappa shape index (κ3) is 14.3. The predicted octanol–water partition coefficient (Wildman–Crippen LogP) is 1.06. The quantitative estimate of drug-likeness (QED) is 0.537. The van der Waals surface area contributed by atoms with Gasteiger partial charge in [-0.15, -0.1) is 0 Å². The third-order valence-corrected chi connectivity index (χ3v) is 1.30. The first-order valence-electron chi connectivity index (χ1n) is 3.16. The molecule has 0 spiro atoms. The van der Waals surface area contributed by atoms with E-state index in [1.54, 1.807) is 0 Å². The smallest absolute Gasteiger partial charge is 0.0623 e. The van der Waals surface area contributed by atoms with E-state index in [4.69, 9.17) is 4.55 Å². The number of hydrogen-bond donors (Lipinski definition) is 1. The van der Waals surface area contributed by atoms with Gasteiger partial charge in [0, 0.05) is 0 Å². The van der Waals surface area contributed by atoms with Crippen molar-refractivity contribution in [3.05, 3.63) is 48.4 Å². The molecule has 0 aromatic heterocycles. The van der Waals surface area contributed by atoms with E-state index in [-0.39, 0.29) is 18.9 Å². The monoisotopic (exact) mass is 194 g/mol. The zero-order valence-electron chi connectivity index (χ0n) is 6.42. The summed E-state index contributed by atoms with van der Waals surface area (Å²) >= 11 is 0. The Bertz CT molecular complexity index is 269. The summed E-state index contributed by atoms with van der Waals surface area (Å²) in [7, 11) is -3.90. The van der Waals surface area contributed by atoms with Crippen LogP contribution in [-0.2, 0) is 10.1 Å². The van der Waals surface area contributed by atoms with Gasteiger partial charge in [-0.05, 0) is 0 Å². The van der Waals surface area contributed by atoms with Gasteiger partial charge in [0.25, 0.3) is 10.1 Å². The largest absolute Gasteiger partial charge is 0.0623 e. The van der Waals surface area contributed by atoms with Crippen molar-refractivity contribution >= 4 is 29.0 Å². The van der Waals surface area contributed by atoms with Gasteiger partial charge in [-0.2, -0.15) is 8.42 Å². The molecule has 0 heterocycles. The summed E-state index contributed by atoms with van der Waals surface area (Å²) in [5.41, 5.74) is 0. The minimum absolute atomic E-state index is 0.